The summed E-state index contributed by atoms with van der Waals surface area (Å²) in [4.78, 5) is 16.5. The van der Waals surface area contributed by atoms with Crippen molar-refractivity contribution in [1.29, 1.82) is 0 Å². The maximum atomic E-state index is 12.2. The highest BCUT2D eigenvalue weighted by Crippen LogP contribution is 2.29. The van der Waals surface area contributed by atoms with E-state index >= 15 is 0 Å². The molecule has 1 heterocycles. The molecule has 29 heavy (non-hydrogen) atoms. The first kappa shape index (κ1) is 20.6. The van der Waals surface area contributed by atoms with Gasteiger partial charge in [0.2, 0.25) is 0 Å². The van der Waals surface area contributed by atoms with E-state index in [2.05, 4.69) is 4.98 Å². The van der Waals surface area contributed by atoms with Crippen LogP contribution in [0.1, 0.15) is 29.7 Å². The van der Waals surface area contributed by atoms with Crippen molar-refractivity contribution in [1.82, 2.24) is 4.98 Å². The van der Waals surface area contributed by atoms with Crippen molar-refractivity contribution in [2.24, 2.45) is 0 Å². The standard InChI is InChI=1S/C24H22ClNO3/c1-28-23-17-19(10-14-21-6-2-3-16-26-21)11-15-22(23)29-24(27)7-4-5-18-8-12-20(25)13-9-18/h2-3,6,8-17H,4-5,7H2,1H3/b14-10+. The number of aryl methyl sites for hydroxylation is 1. The van der Waals surface area contributed by atoms with E-state index in [1.807, 2.05) is 66.7 Å². The molecular weight excluding hydrogens is 386 g/mol. The number of carbonyl (C=O) groups excluding carboxylic acids is 1. The van der Waals surface area contributed by atoms with Crippen LogP contribution < -0.4 is 9.47 Å². The molecule has 1 aromatic heterocycles. The van der Waals surface area contributed by atoms with Crippen LogP contribution in [-0.2, 0) is 11.2 Å². The predicted octanol–water partition coefficient (Wildman–Crippen LogP) is 5.84. The van der Waals surface area contributed by atoms with E-state index in [4.69, 9.17) is 21.1 Å². The molecule has 0 aliphatic heterocycles. The van der Waals surface area contributed by atoms with E-state index in [-0.39, 0.29) is 5.97 Å². The Morgan fingerprint density at radius 3 is 2.59 bits per heavy atom. The molecule has 0 fully saturated rings. The monoisotopic (exact) mass is 407 g/mol. The number of pyridine rings is 1. The fraction of sp³-hybridized carbons (Fsp3) is 0.167. The van der Waals surface area contributed by atoms with Crippen molar-refractivity contribution in [2.45, 2.75) is 19.3 Å². The van der Waals surface area contributed by atoms with Crippen molar-refractivity contribution in [3.05, 3.63) is 88.7 Å². The maximum absolute atomic E-state index is 12.2. The van der Waals surface area contributed by atoms with Gasteiger partial charge in [-0.1, -0.05) is 41.9 Å². The first-order chi connectivity index (χ1) is 14.1. The van der Waals surface area contributed by atoms with Crippen LogP contribution in [0, 0.1) is 0 Å². The highest BCUT2D eigenvalue weighted by molar-refractivity contribution is 6.30. The molecule has 4 nitrogen and oxygen atoms in total. The number of hydrogen-bond acceptors (Lipinski definition) is 4. The summed E-state index contributed by atoms with van der Waals surface area (Å²) in [6, 6.07) is 18.8. The van der Waals surface area contributed by atoms with Crippen LogP contribution in [0.2, 0.25) is 5.02 Å². The Morgan fingerprint density at radius 2 is 1.86 bits per heavy atom. The third kappa shape index (κ3) is 6.47. The molecule has 3 aromatic rings. The van der Waals surface area contributed by atoms with Crippen molar-refractivity contribution in [3.8, 4) is 11.5 Å². The second-order valence-electron chi connectivity index (χ2n) is 6.45. The number of hydrogen-bond donors (Lipinski definition) is 0. The number of esters is 1. The lowest BCUT2D eigenvalue weighted by Gasteiger charge is -2.10. The first-order valence-corrected chi connectivity index (χ1v) is 9.74. The van der Waals surface area contributed by atoms with Gasteiger partial charge in [-0.05, 0) is 66.4 Å². The van der Waals surface area contributed by atoms with Crippen LogP contribution in [0.3, 0.4) is 0 Å². The molecule has 0 atom stereocenters. The SMILES string of the molecule is COc1cc(/C=C/c2ccccn2)ccc1OC(=O)CCCc1ccc(Cl)cc1. The molecule has 0 aliphatic carbocycles. The van der Waals surface area contributed by atoms with Crippen LogP contribution in [0.15, 0.2) is 66.9 Å². The molecule has 0 saturated heterocycles. The van der Waals surface area contributed by atoms with Gasteiger partial charge >= 0.3 is 5.97 Å². The Labute approximate surface area is 175 Å². The van der Waals surface area contributed by atoms with Gasteiger partial charge in [0.25, 0.3) is 0 Å². The molecule has 0 bridgehead atoms. The molecule has 2 aromatic carbocycles. The zero-order valence-electron chi connectivity index (χ0n) is 16.2. The van der Waals surface area contributed by atoms with E-state index in [9.17, 15) is 4.79 Å². The van der Waals surface area contributed by atoms with Crippen LogP contribution in [0.5, 0.6) is 11.5 Å². The van der Waals surface area contributed by atoms with E-state index in [0.29, 0.717) is 29.4 Å². The molecule has 0 saturated carbocycles. The van der Waals surface area contributed by atoms with E-state index in [1.165, 1.54) is 0 Å². The molecule has 0 unspecified atom stereocenters. The number of halogens is 1. The zero-order valence-corrected chi connectivity index (χ0v) is 16.9. The number of carbonyl (C=O) groups is 1. The average Bonchev–Trinajstić information content (AvgIpc) is 2.75. The molecule has 0 radical (unpaired) electrons. The molecule has 0 spiro atoms. The van der Waals surface area contributed by atoms with Crippen LogP contribution >= 0.6 is 11.6 Å². The summed E-state index contributed by atoms with van der Waals surface area (Å²) in [6.45, 7) is 0. The lowest BCUT2D eigenvalue weighted by Crippen LogP contribution is -2.09. The van der Waals surface area contributed by atoms with Crippen molar-refractivity contribution in [3.63, 3.8) is 0 Å². The molecule has 3 rings (SSSR count). The van der Waals surface area contributed by atoms with Gasteiger partial charge in [-0.25, -0.2) is 0 Å². The first-order valence-electron chi connectivity index (χ1n) is 9.36. The third-order valence-corrected chi connectivity index (χ3v) is 4.56. The van der Waals surface area contributed by atoms with Gasteiger partial charge in [0.05, 0.1) is 12.8 Å². The quantitative estimate of drug-likeness (QED) is 0.347. The molecule has 148 valence electrons. The minimum Gasteiger partial charge on any atom is -0.493 e. The average molecular weight is 408 g/mol. The van der Waals surface area contributed by atoms with Crippen LogP contribution in [0.4, 0.5) is 0 Å². The Hall–Kier alpha value is -3.11. The van der Waals surface area contributed by atoms with E-state index in [1.54, 1.807) is 19.4 Å². The van der Waals surface area contributed by atoms with Crippen LogP contribution in [-0.4, -0.2) is 18.1 Å². The van der Waals surface area contributed by atoms with Crippen molar-refractivity contribution in [2.75, 3.05) is 7.11 Å². The van der Waals surface area contributed by atoms with Crippen LogP contribution in [0.25, 0.3) is 12.2 Å². The second-order valence-corrected chi connectivity index (χ2v) is 6.89. The van der Waals surface area contributed by atoms with Gasteiger partial charge in [-0.2, -0.15) is 0 Å². The third-order valence-electron chi connectivity index (χ3n) is 4.31. The lowest BCUT2D eigenvalue weighted by atomic mass is 10.1. The van der Waals surface area contributed by atoms with Crippen molar-refractivity contribution >= 4 is 29.7 Å². The summed E-state index contributed by atoms with van der Waals surface area (Å²) in [7, 11) is 1.56. The topological polar surface area (TPSA) is 48.4 Å². The van der Waals surface area contributed by atoms with Gasteiger partial charge in [-0.15, -0.1) is 0 Å². The van der Waals surface area contributed by atoms with Gasteiger partial charge < -0.3 is 9.47 Å². The molecule has 0 amide bonds. The highest BCUT2D eigenvalue weighted by Gasteiger charge is 2.10. The minimum atomic E-state index is -0.283. The number of aromatic nitrogens is 1. The summed E-state index contributed by atoms with van der Waals surface area (Å²) in [6.07, 6.45) is 7.41. The van der Waals surface area contributed by atoms with E-state index in [0.717, 1.165) is 23.2 Å². The number of ether oxygens (including phenoxy) is 2. The minimum absolute atomic E-state index is 0.283. The number of nitrogens with zero attached hydrogens (tertiary/aromatic N) is 1. The molecule has 0 N–H and O–H groups in total. The fourth-order valence-corrected chi connectivity index (χ4v) is 2.92. The lowest BCUT2D eigenvalue weighted by molar-refractivity contribution is -0.134. The van der Waals surface area contributed by atoms with Gasteiger partial charge in [-0.3, -0.25) is 9.78 Å². The zero-order chi connectivity index (χ0) is 20.5. The van der Waals surface area contributed by atoms with E-state index < -0.39 is 0 Å². The molecular formula is C24H22ClNO3. The summed E-state index contributed by atoms with van der Waals surface area (Å²) in [5.41, 5.74) is 2.93. The van der Waals surface area contributed by atoms with Gasteiger partial charge in [0.1, 0.15) is 0 Å². The summed E-state index contributed by atoms with van der Waals surface area (Å²) in [5, 5.41) is 0.707. The van der Waals surface area contributed by atoms with Gasteiger partial charge in [0.15, 0.2) is 11.5 Å². The van der Waals surface area contributed by atoms with Gasteiger partial charge in [0, 0.05) is 17.6 Å². The summed E-state index contributed by atoms with van der Waals surface area (Å²) >= 11 is 5.88. The Kier molecular flexibility index (Phi) is 7.42. The number of methoxy groups -OCH3 is 1. The summed E-state index contributed by atoms with van der Waals surface area (Å²) in [5.74, 6) is 0.646. The predicted molar refractivity (Wildman–Crippen MR) is 116 cm³/mol. The normalized spacial score (nSPS) is 10.8. The van der Waals surface area contributed by atoms with Crippen molar-refractivity contribution < 1.29 is 14.3 Å². The molecule has 5 heteroatoms. The largest absolute Gasteiger partial charge is 0.493 e. The Balaban J connectivity index is 1.56. The maximum Gasteiger partial charge on any atom is 0.311 e. The highest BCUT2D eigenvalue weighted by atomic mass is 35.5. The second kappa shape index (κ2) is 10.4. The summed E-state index contributed by atoms with van der Waals surface area (Å²) < 4.78 is 10.9. The molecule has 0 aliphatic rings. The number of rotatable bonds is 8. The fourth-order valence-electron chi connectivity index (χ4n) is 2.79. The Morgan fingerprint density at radius 1 is 1.03 bits per heavy atom. The Bertz CT molecular complexity index is 969. The number of benzene rings is 2. The smallest absolute Gasteiger partial charge is 0.311 e.